The average molecular weight is 311 g/mol. The van der Waals surface area contributed by atoms with E-state index in [2.05, 4.69) is 15.5 Å². The summed E-state index contributed by atoms with van der Waals surface area (Å²) in [6, 6.07) is 14.4. The number of nitrogens with zero attached hydrogens (tertiary/aromatic N) is 2. The Morgan fingerprint density at radius 3 is 2.55 bits per heavy atom. The first kappa shape index (κ1) is 14.4. The Kier molecular flexibility index (Phi) is 4.25. The van der Waals surface area contributed by atoms with Crippen molar-refractivity contribution in [1.82, 2.24) is 4.98 Å². The van der Waals surface area contributed by atoms with E-state index >= 15 is 0 Å². The first-order chi connectivity index (χ1) is 10.7. The molecule has 3 nitrogen and oxygen atoms in total. The van der Waals surface area contributed by atoms with Crippen molar-refractivity contribution in [2.24, 2.45) is 5.10 Å². The van der Waals surface area contributed by atoms with Crippen molar-refractivity contribution >= 4 is 22.7 Å². The molecular weight excluding hydrogens is 297 g/mol. The molecule has 0 spiro atoms. The van der Waals surface area contributed by atoms with Gasteiger partial charge in [-0.1, -0.05) is 29.8 Å². The molecule has 0 saturated heterocycles. The zero-order valence-electron chi connectivity index (χ0n) is 12.0. The van der Waals surface area contributed by atoms with Crippen LogP contribution in [0.25, 0.3) is 11.3 Å². The number of hydrogen-bond acceptors (Lipinski definition) is 4. The van der Waals surface area contributed by atoms with Crippen LogP contribution < -0.4 is 5.43 Å². The van der Waals surface area contributed by atoms with Crippen LogP contribution in [0.3, 0.4) is 0 Å². The van der Waals surface area contributed by atoms with E-state index in [0.717, 1.165) is 16.8 Å². The van der Waals surface area contributed by atoms with Crippen LogP contribution in [0.5, 0.6) is 0 Å². The summed E-state index contributed by atoms with van der Waals surface area (Å²) in [6.45, 7) is 2.05. The molecule has 3 aromatic rings. The third-order valence-corrected chi connectivity index (χ3v) is 3.84. The number of anilines is 1. The lowest BCUT2D eigenvalue weighted by Gasteiger charge is -1.96. The maximum absolute atomic E-state index is 12.9. The summed E-state index contributed by atoms with van der Waals surface area (Å²) in [5, 5.41) is 6.79. The highest BCUT2D eigenvalue weighted by Gasteiger charge is 2.03. The van der Waals surface area contributed by atoms with Crippen LogP contribution in [0, 0.1) is 12.7 Å². The average Bonchev–Trinajstić information content (AvgIpc) is 2.99. The van der Waals surface area contributed by atoms with Gasteiger partial charge in [0.1, 0.15) is 5.82 Å². The lowest BCUT2D eigenvalue weighted by molar-refractivity contribution is 0.628. The number of rotatable bonds is 4. The van der Waals surface area contributed by atoms with Gasteiger partial charge in [-0.15, -0.1) is 11.3 Å². The number of halogens is 1. The largest absolute Gasteiger partial charge is 0.253 e. The summed E-state index contributed by atoms with van der Waals surface area (Å²) in [5.74, 6) is -0.250. The summed E-state index contributed by atoms with van der Waals surface area (Å²) in [5.41, 5.74) is 6.84. The summed E-state index contributed by atoms with van der Waals surface area (Å²) in [7, 11) is 0. The predicted molar refractivity (Wildman–Crippen MR) is 89.9 cm³/mol. The highest BCUT2D eigenvalue weighted by molar-refractivity contribution is 7.14. The number of hydrogen-bond donors (Lipinski definition) is 1. The highest BCUT2D eigenvalue weighted by Crippen LogP contribution is 2.24. The molecule has 0 aliphatic heterocycles. The second-order valence-electron chi connectivity index (χ2n) is 4.83. The zero-order chi connectivity index (χ0) is 15.4. The fourth-order valence-corrected chi connectivity index (χ4v) is 2.56. The van der Waals surface area contributed by atoms with Gasteiger partial charge in [-0.2, -0.15) is 5.10 Å². The normalized spacial score (nSPS) is 11.0. The van der Waals surface area contributed by atoms with Crippen LogP contribution in [0.2, 0.25) is 0 Å². The number of nitrogens with one attached hydrogen (secondary N) is 1. The van der Waals surface area contributed by atoms with Crippen LogP contribution in [-0.4, -0.2) is 11.2 Å². The number of aromatic nitrogens is 1. The van der Waals surface area contributed by atoms with E-state index < -0.39 is 0 Å². The van der Waals surface area contributed by atoms with Crippen LogP contribution in [0.15, 0.2) is 59.0 Å². The van der Waals surface area contributed by atoms with E-state index in [1.807, 2.05) is 36.6 Å². The molecule has 2 aromatic carbocycles. The van der Waals surface area contributed by atoms with Crippen molar-refractivity contribution in [2.45, 2.75) is 6.92 Å². The third kappa shape index (κ3) is 3.56. The second kappa shape index (κ2) is 6.49. The Hall–Kier alpha value is -2.53. The van der Waals surface area contributed by atoms with E-state index in [0.29, 0.717) is 5.13 Å². The molecule has 0 aliphatic rings. The summed E-state index contributed by atoms with van der Waals surface area (Å²) in [6.07, 6.45) is 1.75. The van der Waals surface area contributed by atoms with Gasteiger partial charge in [-0.3, -0.25) is 5.43 Å². The van der Waals surface area contributed by atoms with Gasteiger partial charge in [-0.05, 0) is 36.8 Å². The summed E-state index contributed by atoms with van der Waals surface area (Å²) in [4.78, 5) is 4.43. The Balaban J connectivity index is 1.66. The SMILES string of the molecule is Cc1ccc(C=NNc2nc(-c3ccc(F)cc3)cs2)cc1. The first-order valence-corrected chi connectivity index (χ1v) is 7.66. The molecule has 0 atom stereocenters. The van der Waals surface area contributed by atoms with Gasteiger partial charge < -0.3 is 0 Å². The highest BCUT2D eigenvalue weighted by atomic mass is 32.1. The predicted octanol–water partition coefficient (Wildman–Crippen LogP) is 4.70. The fraction of sp³-hybridized carbons (Fsp3) is 0.0588. The molecule has 3 rings (SSSR count). The summed E-state index contributed by atoms with van der Waals surface area (Å²) >= 11 is 1.46. The maximum Gasteiger partial charge on any atom is 0.203 e. The molecule has 0 saturated carbocycles. The molecule has 1 aromatic heterocycles. The molecule has 110 valence electrons. The molecule has 0 amide bonds. The smallest absolute Gasteiger partial charge is 0.203 e. The molecule has 0 aliphatic carbocycles. The number of aryl methyl sites for hydroxylation is 1. The van der Waals surface area contributed by atoms with Crippen molar-refractivity contribution < 1.29 is 4.39 Å². The fourth-order valence-electron chi connectivity index (χ4n) is 1.89. The minimum atomic E-state index is -0.250. The lowest BCUT2D eigenvalue weighted by Crippen LogP contribution is -1.90. The van der Waals surface area contributed by atoms with Crippen molar-refractivity contribution in [3.05, 3.63) is 70.9 Å². The minimum absolute atomic E-state index is 0.250. The van der Waals surface area contributed by atoms with Crippen molar-refractivity contribution in [2.75, 3.05) is 5.43 Å². The van der Waals surface area contributed by atoms with E-state index in [-0.39, 0.29) is 5.82 Å². The number of benzene rings is 2. The maximum atomic E-state index is 12.9. The first-order valence-electron chi connectivity index (χ1n) is 6.78. The van der Waals surface area contributed by atoms with Gasteiger partial charge in [-0.25, -0.2) is 9.37 Å². The van der Waals surface area contributed by atoms with Crippen LogP contribution in [0.4, 0.5) is 9.52 Å². The van der Waals surface area contributed by atoms with Crippen LogP contribution >= 0.6 is 11.3 Å². The molecule has 0 radical (unpaired) electrons. The molecule has 0 unspecified atom stereocenters. The van der Waals surface area contributed by atoms with E-state index in [1.54, 1.807) is 18.3 Å². The minimum Gasteiger partial charge on any atom is -0.253 e. The van der Waals surface area contributed by atoms with Crippen LogP contribution in [0.1, 0.15) is 11.1 Å². The van der Waals surface area contributed by atoms with Crippen molar-refractivity contribution in [3.63, 3.8) is 0 Å². The molecular formula is C17H14FN3S. The van der Waals surface area contributed by atoms with Crippen LogP contribution in [-0.2, 0) is 0 Å². The topological polar surface area (TPSA) is 37.3 Å². The molecule has 1 heterocycles. The Labute approximate surface area is 132 Å². The van der Waals surface area contributed by atoms with Gasteiger partial charge in [0.15, 0.2) is 0 Å². The van der Waals surface area contributed by atoms with E-state index in [9.17, 15) is 4.39 Å². The van der Waals surface area contributed by atoms with Gasteiger partial charge in [0.2, 0.25) is 5.13 Å². The molecule has 5 heteroatoms. The van der Waals surface area contributed by atoms with E-state index in [4.69, 9.17) is 0 Å². The zero-order valence-corrected chi connectivity index (χ0v) is 12.8. The molecule has 1 N–H and O–H groups in total. The number of thiazole rings is 1. The standard InChI is InChI=1S/C17H14FN3S/c1-12-2-4-13(5-3-12)10-19-21-17-20-16(11-22-17)14-6-8-15(18)9-7-14/h2-11H,1H3,(H,20,21). The van der Waals surface area contributed by atoms with Gasteiger partial charge >= 0.3 is 0 Å². The Morgan fingerprint density at radius 1 is 1.09 bits per heavy atom. The van der Waals surface area contributed by atoms with Gasteiger partial charge in [0, 0.05) is 10.9 Å². The van der Waals surface area contributed by atoms with Gasteiger partial charge in [0.05, 0.1) is 11.9 Å². The quantitative estimate of drug-likeness (QED) is 0.560. The molecule has 22 heavy (non-hydrogen) atoms. The second-order valence-corrected chi connectivity index (χ2v) is 5.68. The molecule has 0 bridgehead atoms. The van der Waals surface area contributed by atoms with Crippen molar-refractivity contribution in [3.8, 4) is 11.3 Å². The monoisotopic (exact) mass is 311 g/mol. The number of hydrazone groups is 1. The summed E-state index contributed by atoms with van der Waals surface area (Å²) < 4.78 is 12.9. The third-order valence-electron chi connectivity index (χ3n) is 3.10. The Bertz CT molecular complexity index is 776. The van der Waals surface area contributed by atoms with Crippen molar-refractivity contribution in [1.29, 1.82) is 0 Å². The van der Waals surface area contributed by atoms with E-state index in [1.165, 1.54) is 29.0 Å². The Morgan fingerprint density at radius 2 is 1.82 bits per heavy atom. The molecule has 0 fully saturated rings. The lowest BCUT2D eigenvalue weighted by atomic mass is 10.2. The van der Waals surface area contributed by atoms with Gasteiger partial charge in [0.25, 0.3) is 0 Å².